The largest absolute Gasteiger partial charge is 0.295 e. The van der Waals surface area contributed by atoms with Crippen molar-refractivity contribution in [3.8, 4) is 0 Å². The van der Waals surface area contributed by atoms with Crippen LogP contribution >= 0.6 is 15.9 Å². The average Bonchev–Trinajstić information content (AvgIpc) is 2.42. The molecule has 0 fully saturated rings. The highest BCUT2D eigenvalue weighted by atomic mass is 79.9. The maximum Gasteiger partial charge on any atom is 0.159 e. The van der Waals surface area contributed by atoms with Crippen molar-refractivity contribution in [1.29, 1.82) is 0 Å². The van der Waals surface area contributed by atoms with Crippen molar-refractivity contribution in [2.75, 3.05) is 0 Å². The third-order valence-electron chi connectivity index (χ3n) is 4.62. The van der Waals surface area contributed by atoms with Crippen molar-refractivity contribution < 1.29 is 9.59 Å². The lowest BCUT2D eigenvalue weighted by molar-refractivity contribution is 0.100. The highest BCUT2D eigenvalue weighted by Crippen LogP contribution is 2.31. The summed E-state index contributed by atoms with van der Waals surface area (Å²) < 4.78 is 1.09. The lowest BCUT2D eigenvalue weighted by atomic mass is 9.87. The smallest absolute Gasteiger partial charge is 0.159 e. The summed E-state index contributed by atoms with van der Waals surface area (Å²) in [6.45, 7) is 3.22. The minimum atomic E-state index is 0.144. The second-order valence-electron chi connectivity index (χ2n) is 6.19. The summed E-state index contributed by atoms with van der Waals surface area (Å²) >= 11 is 3.46. The van der Waals surface area contributed by atoms with Crippen molar-refractivity contribution in [3.63, 3.8) is 0 Å². The Morgan fingerprint density at radius 3 is 1.83 bits per heavy atom. The van der Waals surface area contributed by atoms with Gasteiger partial charge >= 0.3 is 0 Å². The van der Waals surface area contributed by atoms with Gasteiger partial charge in [-0.3, -0.25) is 9.59 Å². The number of hydrogen-bond donors (Lipinski definition) is 0. The Bertz CT molecular complexity index is 788. The zero-order valence-corrected chi connectivity index (χ0v) is 15.0. The van der Waals surface area contributed by atoms with Gasteiger partial charge in [-0.25, -0.2) is 0 Å². The van der Waals surface area contributed by atoms with Gasteiger partial charge in [0.25, 0.3) is 0 Å². The number of fused-ring (bicyclic) bond motifs is 2. The third-order valence-corrected chi connectivity index (χ3v) is 5.32. The molecule has 118 valence electrons. The number of Topliss-reactive ketones (excluding diaryl/α,β-unsaturated/α-hetero) is 2. The minimum absolute atomic E-state index is 0.144. The summed E-state index contributed by atoms with van der Waals surface area (Å²) in [7, 11) is 0. The minimum Gasteiger partial charge on any atom is -0.295 e. The van der Waals surface area contributed by atoms with Gasteiger partial charge in [-0.2, -0.15) is 0 Å². The highest BCUT2D eigenvalue weighted by molar-refractivity contribution is 9.10. The van der Waals surface area contributed by atoms with Crippen LogP contribution in [0.25, 0.3) is 0 Å². The number of carbonyl (C=O) groups excluding carboxylic acids is 2. The van der Waals surface area contributed by atoms with Crippen LogP contribution in [0.4, 0.5) is 0 Å². The third kappa shape index (κ3) is 3.30. The lowest BCUT2D eigenvalue weighted by Gasteiger charge is -2.20. The van der Waals surface area contributed by atoms with E-state index in [0.29, 0.717) is 0 Å². The van der Waals surface area contributed by atoms with Crippen LogP contribution in [-0.4, -0.2) is 11.6 Å². The fourth-order valence-electron chi connectivity index (χ4n) is 2.90. The van der Waals surface area contributed by atoms with E-state index >= 15 is 0 Å². The second-order valence-corrected chi connectivity index (χ2v) is 7.05. The molecular weight excluding hydrogens is 352 g/mol. The molecule has 23 heavy (non-hydrogen) atoms. The van der Waals surface area contributed by atoms with E-state index in [4.69, 9.17) is 0 Å². The Kier molecular flexibility index (Phi) is 4.49. The molecule has 0 radical (unpaired) electrons. The maximum absolute atomic E-state index is 11.1. The van der Waals surface area contributed by atoms with Crippen LogP contribution in [-0.2, 0) is 25.7 Å². The molecule has 0 saturated carbocycles. The number of rotatable bonds is 2. The zero-order valence-electron chi connectivity index (χ0n) is 13.4. The Labute approximate surface area is 145 Å². The molecule has 3 heteroatoms. The van der Waals surface area contributed by atoms with Gasteiger partial charge in [0.1, 0.15) is 0 Å². The first-order valence-electron chi connectivity index (χ1n) is 7.90. The summed E-state index contributed by atoms with van der Waals surface area (Å²) in [4.78, 5) is 22.0. The SMILES string of the molecule is CC(=O)c1cc(Br)c2c(c1)CC2.CC(=O)c1ccc2c(c1)CC2. The number of hydrogen-bond acceptors (Lipinski definition) is 2. The second kappa shape index (κ2) is 6.40. The molecular formula is C20H19BrO2. The standard InChI is InChI=1S/C10H9BrO.C10H10O/c1-6(12)8-4-7-2-3-9(7)10(11)5-8;1-7(11)9-4-2-8-3-5-10(8)6-9/h4-5H,2-3H2,1H3;2,4,6H,3,5H2,1H3. The average molecular weight is 371 g/mol. The molecule has 0 atom stereocenters. The summed E-state index contributed by atoms with van der Waals surface area (Å²) in [6.07, 6.45) is 4.60. The maximum atomic E-state index is 11.1. The molecule has 0 spiro atoms. The van der Waals surface area contributed by atoms with E-state index in [1.54, 1.807) is 13.8 Å². The van der Waals surface area contributed by atoms with E-state index in [9.17, 15) is 9.59 Å². The Morgan fingerprint density at radius 2 is 1.39 bits per heavy atom. The molecule has 2 aromatic rings. The van der Waals surface area contributed by atoms with Gasteiger partial charge in [-0.05, 0) is 80.0 Å². The normalized spacial score (nSPS) is 13.5. The molecule has 0 saturated heterocycles. The monoisotopic (exact) mass is 370 g/mol. The van der Waals surface area contributed by atoms with Crippen LogP contribution in [0, 0.1) is 0 Å². The van der Waals surface area contributed by atoms with Gasteiger partial charge in [0, 0.05) is 15.6 Å². The lowest BCUT2D eigenvalue weighted by Crippen LogP contribution is -2.10. The predicted octanol–water partition coefficient (Wildman–Crippen LogP) is 4.74. The summed E-state index contributed by atoms with van der Waals surface area (Å²) in [6, 6.07) is 9.92. The van der Waals surface area contributed by atoms with Gasteiger partial charge in [0.15, 0.2) is 11.6 Å². The number of halogens is 1. The van der Waals surface area contributed by atoms with E-state index in [1.807, 2.05) is 24.3 Å². The van der Waals surface area contributed by atoms with E-state index in [-0.39, 0.29) is 11.6 Å². The Morgan fingerprint density at radius 1 is 0.783 bits per heavy atom. The van der Waals surface area contributed by atoms with E-state index in [2.05, 4.69) is 22.0 Å². The molecule has 0 N–H and O–H groups in total. The molecule has 2 aliphatic rings. The van der Waals surface area contributed by atoms with Crippen molar-refractivity contribution in [1.82, 2.24) is 0 Å². The fourth-order valence-corrected chi connectivity index (χ4v) is 3.60. The van der Waals surface area contributed by atoms with Gasteiger partial charge in [-0.15, -0.1) is 0 Å². The Balaban J connectivity index is 0.000000136. The quantitative estimate of drug-likeness (QED) is 0.715. The van der Waals surface area contributed by atoms with Crippen LogP contribution in [0.15, 0.2) is 34.8 Å². The van der Waals surface area contributed by atoms with Gasteiger partial charge in [-0.1, -0.05) is 28.1 Å². The molecule has 2 aromatic carbocycles. The summed E-state index contributed by atoms with van der Waals surface area (Å²) in [5.41, 5.74) is 7.14. The van der Waals surface area contributed by atoms with Crippen molar-refractivity contribution >= 4 is 27.5 Å². The van der Waals surface area contributed by atoms with E-state index < -0.39 is 0 Å². The van der Waals surface area contributed by atoms with Gasteiger partial charge in [0.2, 0.25) is 0 Å². The Hall–Kier alpha value is -1.74. The van der Waals surface area contributed by atoms with Crippen molar-refractivity contribution in [2.24, 2.45) is 0 Å². The van der Waals surface area contributed by atoms with E-state index in [1.165, 1.54) is 28.7 Å². The van der Waals surface area contributed by atoms with Crippen molar-refractivity contribution in [3.05, 3.63) is 68.2 Å². The number of ketones is 2. The zero-order chi connectivity index (χ0) is 16.6. The van der Waals surface area contributed by atoms with Crippen molar-refractivity contribution in [2.45, 2.75) is 39.5 Å². The molecule has 0 amide bonds. The van der Waals surface area contributed by atoms with Crippen LogP contribution in [0.3, 0.4) is 0 Å². The van der Waals surface area contributed by atoms with E-state index in [0.717, 1.165) is 34.9 Å². The molecule has 2 aliphatic carbocycles. The fraction of sp³-hybridized carbons (Fsp3) is 0.300. The summed E-state index contributed by atoms with van der Waals surface area (Å²) in [5, 5.41) is 0. The first-order chi connectivity index (χ1) is 11.0. The molecule has 0 aromatic heterocycles. The first-order valence-corrected chi connectivity index (χ1v) is 8.70. The highest BCUT2D eigenvalue weighted by Gasteiger charge is 2.18. The number of benzene rings is 2. The molecule has 0 bridgehead atoms. The van der Waals surface area contributed by atoms with Crippen LogP contribution in [0.1, 0.15) is 56.8 Å². The molecule has 0 unspecified atom stereocenters. The first kappa shape index (κ1) is 16.1. The number of carbonyl (C=O) groups is 2. The summed E-state index contributed by atoms with van der Waals surface area (Å²) in [5.74, 6) is 0.310. The molecule has 0 aliphatic heterocycles. The predicted molar refractivity (Wildman–Crippen MR) is 95.4 cm³/mol. The molecule has 2 nitrogen and oxygen atoms in total. The van der Waals surface area contributed by atoms with Gasteiger partial charge < -0.3 is 0 Å². The number of aryl methyl sites for hydroxylation is 3. The van der Waals surface area contributed by atoms with Gasteiger partial charge in [0.05, 0.1) is 0 Å². The van der Waals surface area contributed by atoms with Crippen LogP contribution in [0.5, 0.6) is 0 Å². The molecule has 0 heterocycles. The van der Waals surface area contributed by atoms with Crippen LogP contribution in [0.2, 0.25) is 0 Å². The topological polar surface area (TPSA) is 34.1 Å². The molecule has 4 rings (SSSR count). The van der Waals surface area contributed by atoms with Crippen LogP contribution < -0.4 is 0 Å².